The number of hydrogen-bond acceptors (Lipinski definition) is 6. The van der Waals surface area contributed by atoms with Gasteiger partial charge in [0.2, 0.25) is 0 Å². The Kier molecular flexibility index (Phi) is 6.34. The zero-order valence-electron chi connectivity index (χ0n) is 16.6. The molecule has 164 valence electrons. The summed E-state index contributed by atoms with van der Waals surface area (Å²) < 4.78 is 27.0. The van der Waals surface area contributed by atoms with Crippen LogP contribution in [0.1, 0.15) is 31.1 Å². The minimum Gasteiger partial charge on any atom is -0.482 e. The topological polar surface area (TPSA) is 95.4 Å². The second-order valence-electron chi connectivity index (χ2n) is 7.33. The lowest BCUT2D eigenvalue weighted by Crippen LogP contribution is -2.34. The Morgan fingerprint density at radius 3 is 2.90 bits per heavy atom. The van der Waals surface area contributed by atoms with E-state index in [2.05, 4.69) is 10.1 Å². The number of ether oxygens (including phenoxy) is 2. The monoisotopic (exact) mass is 466 g/mol. The van der Waals surface area contributed by atoms with Crippen molar-refractivity contribution in [3.63, 3.8) is 0 Å². The summed E-state index contributed by atoms with van der Waals surface area (Å²) >= 11 is 12.3. The zero-order chi connectivity index (χ0) is 22.1. The van der Waals surface area contributed by atoms with Gasteiger partial charge >= 0.3 is 0 Å². The Bertz CT molecular complexity index is 1090. The van der Waals surface area contributed by atoms with Crippen LogP contribution < -0.4 is 10.5 Å². The van der Waals surface area contributed by atoms with E-state index in [0.717, 1.165) is 5.56 Å². The summed E-state index contributed by atoms with van der Waals surface area (Å²) in [7, 11) is 0. The van der Waals surface area contributed by atoms with Gasteiger partial charge < -0.3 is 20.3 Å². The second kappa shape index (κ2) is 9.00. The van der Waals surface area contributed by atoms with Gasteiger partial charge in [-0.3, -0.25) is 4.68 Å². The number of nitrogen functional groups attached to an aromatic ring is 1. The highest BCUT2D eigenvalue weighted by Crippen LogP contribution is 2.37. The Morgan fingerprint density at radius 2 is 2.13 bits per heavy atom. The summed E-state index contributed by atoms with van der Waals surface area (Å²) in [6, 6.07) is 4.09. The predicted octanol–water partition coefficient (Wildman–Crippen LogP) is 4.44. The molecule has 1 aliphatic rings. The summed E-state index contributed by atoms with van der Waals surface area (Å²) in [5.74, 6) is -0.115. The Labute approximate surface area is 188 Å². The van der Waals surface area contributed by atoms with Gasteiger partial charge in [0.05, 0.1) is 23.9 Å². The van der Waals surface area contributed by atoms with Crippen LogP contribution >= 0.6 is 23.2 Å². The molecule has 3 N–H and O–H groups in total. The number of rotatable bonds is 5. The van der Waals surface area contributed by atoms with Crippen molar-refractivity contribution in [2.45, 2.75) is 31.6 Å². The molecule has 0 radical (unpaired) electrons. The van der Waals surface area contributed by atoms with Crippen LogP contribution in [-0.4, -0.2) is 39.2 Å². The van der Waals surface area contributed by atoms with Crippen LogP contribution in [0.5, 0.6) is 5.75 Å². The normalized spacial score (nSPS) is 19.9. The molecule has 1 aliphatic heterocycles. The molecule has 3 aromatic rings. The largest absolute Gasteiger partial charge is 0.482 e. The first-order chi connectivity index (χ1) is 14.8. The van der Waals surface area contributed by atoms with E-state index in [0.29, 0.717) is 36.5 Å². The van der Waals surface area contributed by atoms with Crippen LogP contribution in [0.15, 0.2) is 36.8 Å². The van der Waals surface area contributed by atoms with Gasteiger partial charge in [0, 0.05) is 40.7 Å². The molecule has 0 amide bonds. The number of nitrogens with two attached hydrogens (primary N) is 1. The van der Waals surface area contributed by atoms with Crippen molar-refractivity contribution in [2.75, 3.05) is 18.9 Å². The molecule has 0 aliphatic carbocycles. The quantitative estimate of drug-likeness (QED) is 0.539. The standard InChI is InChI=1S/C21H21Cl2FN4O3/c1-11(19-14(22)2-3-15(24)20(19)23)31-18-6-12(7-26-21(18)25)13-8-27-28(9-13)16-10-30-5-4-17(16)29/h2-3,6-9,11,16-17,29H,4-5,10H2,1H3,(H2,25,26)/t11-,16?,17?/m1/s1. The maximum absolute atomic E-state index is 13.9. The van der Waals surface area contributed by atoms with Gasteiger partial charge in [-0.2, -0.15) is 5.10 Å². The number of anilines is 1. The number of aliphatic hydroxyl groups excluding tert-OH is 1. The Balaban J connectivity index is 1.59. The lowest BCUT2D eigenvalue weighted by Gasteiger charge is -2.27. The lowest BCUT2D eigenvalue weighted by molar-refractivity contribution is -0.0329. The van der Waals surface area contributed by atoms with Gasteiger partial charge in [0.25, 0.3) is 0 Å². The third-order valence-corrected chi connectivity index (χ3v) is 5.95. The summed E-state index contributed by atoms with van der Waals surface area (Å²) in [4.78, 5) is 4.20. The molecule has 1 saturated heterocycles. The van der Waals surface area contributed by atoms with Crippen molar-refractivity contribution in [3.05, 3.63) is 58.2 Å². The molecule has 7 nitrogen and oxygen atoms in total. The molecule has 10 heteroatoms. The van der Waals surface area contributed by atoms with Crippen LogP contribution in [-0.2, 0) is 4.74 Å². The fourth-order valence-corrected chi connectivity index (χ4v) is 4.18. The third kappa shape index (κ3) is 4.48. The molecule has 1 aromatic carbocycles. The summed E-state index contributed by atoms with van der Waals surface area (Å²) in [6.07, 6.45) is 4.44. The fourth-order valence-electron chi connectivity index (χ4n) is 3.50. The average Bonchev–Trinajstić information content (AvgIpc) is 3.23. The highest BCUT2D eigenvalue weighted by molar-refractivity contribution is 6.36. The maximum Gasteiger partial charge on any atom is 0.166 e. The van der Waals surface area contributed by atoms with E-state index in [1.807, 2.05) is 6.20 Å². The molecule has 2 unspecified atom stereocenters. The van der Waals surface area contributed by atoms with E-state index < -0.39 is 18.0 Å². The van der Waals surface area contributed by atoms with E-state index in [9.17, 15) is 9.50 Å². The van der Waals surface area contributed by atoms with Crippen molar-refractivity contribution >= 4 is 29.0 Å². The van der Waals surface area contributed by atoms with Crippen molar-refractivity contribution in [2.24, 2.45) is 0 Å². The highest BCUT2D eigenvalue weighted by atomic mass is 35.5. The average molecular weight is 467 g/mol. The molecule has 4 rings (SSSR count). The number of pyridine rings is 1. The minimum atomic E-state index is -0.674. The van der Waals surface area contributed by atoms with Crippen LogP contribution in [0.4, 0.5) is 10.2 Å². The molecule has 1 fully saturated rings. The number of nitrogens with zero attached hydrogens (tertiary/aromatic N) is 3. The maximum atomic E-state index is 13.9. The lowest BCUT2D eigenvalue weighted by atomic mass is 10.1. The number of aliphatic hydroxyl groups is 1. The second-order valence-corrected chi connectivity index (χ2v) is 8.12. The predicted molar refractivity (Wildman–Crippen MR) is 116 cm³/mol. The third-order valence-electron chi connectivity index (χ3n) is 5.24. The van der Waals surface area contributed by atoms with Gasteiger partial charge in [-0.1, -0.05) is 23.2 Å². The first kappa shape index (κ1) is 21.8. The SMILES string of the molecule is C[C@@H](Oc1cc(-c2cnn(C3COCCC3O)c2)cnc1N)c1c(Cl)ccc(F)c1Cl. The number of hydrogen-bond donors (Lipinski definition) is 2. The van der Waals surface area contributed by atoms with Crippen LogP contribution in [0.25, 0.3) is 11.1 Å². The van der Waals surface area contributed by atoms with E-state index >= 15 is 0 Å². The Morgan fingerprint density at radius 1 is 1.32 bits per heavy atom. The fraction of sp³-hybridized carbons (Fsp3) is 0.333. The number of aromatic nitrogens is 3. The molecule has 0 saturated carbocycles. The molecule has 2 aromatic heterocycles. The van der Waals surface area contributed by atoms with Gasteiger partial charge in [0.15, 0.2) is 11.6 Å². The van der Waals surface area contributed by atoms with Gasteiger partial charge in [-0.25, -0.2) is 9.37 Å². The van der Waals surface area contributed by atoms with Crippen LogP contribution in [0.3, 0.4) is 0 Å². The summed E-state index contributed by atoms with van der Waals surface area (Å²) in [5, 5.41) is 14.8. The summed E-state index contributed by atoms with van der Waals surface area (Å²) in [5.41, 5.74) is 7.80. The van der Waals surface area contributed by atoms with Crippen LogP contribution in [0.2, 0.25) is 10.0 Å². The van der Waals surface area contributed by atoms with Gasteiger partial charge in [-0.05, 0) is 31.5 Å². The van der Waals surface area contributed by atoms with E-state index in [-0.39, 0.29) is 21.9 Å². The molecular weight excluding hydrogens is 446 g/mol. The molecule has 0 bridgehead atoms. The van der Waals surface area contributed by atoms with E-state index in [4.69, 9.17) is 38.4 Å². The first-order valence-electron chi connectivity index (χ1n) is 9.71. The van der Waals surface area contributed by atoms with E-state index in [1.165, 1.54) is 12.1 Å². The minimum absolute atomic E-state index is 0.0998. The highest BCUT2D eigenvalue weighted by Gasteiger charge is 2.26. The van der Waals surface area contributed by atoms with E-state index in [1.54, 1.807) is 30.1 Å². The number of halogens is 3. The van der Waals surface area contributed by atoms with Crippen molar-refractivity contribution in [1.29, 1.82) is 0 Å². The molecule has 0 spiro atoms. The summed E-state index contributed by atoms with van der Waals surface area (Å²) in [6.45, 7) is 2.62. The smallest absolute Gasteiger partial charge is 0.166 e. The van der Waals surface area contributed by atoms with Gasteiger partial charge in [0.1, 0.15) is 18.0 Å². The van der Waals surface area contributed by atoms with Crippen molar-refractivity contribution in [3.8, 4) is 16.9 Å². The Hall–Kier alpha value is -2.39. The zero-order valence-corrected chi connectivity index (χ0v) is 18.1. The molecule has 3 atom stereocenters. The van der Waals surface area contributed by atoms with Gasteiger partial charge in [-0.15, -0.1) is 0 Å². The molecule has 31 heavy (non-hydrogen) atoms. The molecular formula is C21H21Cl2FN4O3. The van der Waals surface area contributed by atoms with Crippen molar-refractivity contribution in [1.82, 2.24) is 14.8 Å². The van der Waals surface area contributed by atoms with Crippen LogP contribution in [0, 0.1) is 5.82 Å². The van der Waals surface area contributed by atoms with Crippen molar-refractivity contribution < 1.29 is 19.0 Å². The molecule has 3 heterocycles. The number of benzene rings is 1. The first-order valence-corrected chi connectivity index (χ1v) is 10.5.